The van der Waals surface area contributed by atoms with Crippen molar-refractivity contribution >= 4 is 11.7 Å². The summed E-state index contributed by atoms with van der Waals surface area (Å²) in [5.74, 6) is -0.0417. The van der Waals surface area contributed by atoms with Crippen molar-refractivity contribution in [2.45, 2.75) is 69.2 Å². The van der Waals surface area contributed by atoms with Gasteiger partial charge in [0.2, 0.25) is 0 Å². The molecule has 2 aromatic carbocycles. The second-order valence-corrected chi connectivity index (χ2v) is 10.1. The quantitative estimate of drug-likeness (QED) is 0.459. The number of amides is 2. The number of likely N-dealkylation sites (tertiary alicyclic amines) is 1. The topological polar surface area (TPSA) is 62.8 Å². The number of anilines is 1. The molecule has 4 rings (SSSR count). The number of urea groups is 1. The Morgan fingerprint density at radius 3 is 2.46 bits per heavy atom. The van der Waals surface area contributed by atoms with E-state index >= 15 is 0 Å². The van der Waals surface area contributed by atoms with Crippen molar-refractivity contribution in [3.8, 4) is 11.5 Å². The van der Waals surface area contributed by atoms with Gasteiger partial charge in [0.25, 0.3) is 0 Å². The summed E-state index contributed by atoms with van der Waals surface area (Å²) in [4.78, 5) is 15.2. The van der Waals surface area contributed by atoms with E-state index in [1.54, 1.807) is 14.2 Å². The maximum absolute atomic E-state index is 13.6. The summed E-state index contributed by atoms with van der Waals surface area (Å²) in [5, 5.41) is 5.36. The molecule has 10 heteroatoms. The van der Waals surface area contributed by atoms with E-state index in [2.05, 4.69) is 35.4 Å². The molecule has 0 spiro atoms. The highest BCUT2D eigenvalue weighted by Gasteiger charge is 2.52. The van der Waals surface area contributed by atoms with E-state index < -0.39 is 23.6 Å². The van der Waals surface area contributed by atoms with Crippen molar-refractivity contribution in [1.29, 1.82) is 0 Å². The van der Waals surface area contributed by atoms with Gasteiger partial charge >= 0.3 is 12.2 Å². The van der Waals surface area contributed by atoms with E-state index in [1.807, 2.05) is 12.1 Å². The molecule has 0 radical (unpaired) electrons. The lowest BCUT2D eigenvalue weighted by atomic mass is 9.65. The minimum atomic E-state index is -4.85. The van der Waals surface area contributed by atoms with Crippen LogP contribution in [-0.2, 0) is 11.6 Å². The molecule has 37 heavy (non-hydrogen) atoms. The molecule has 1 saturated heterocycles. The largest absolute Gasteiger partial charge is 0.493 e. The Hall–Kier alpha value is -3.01. The number of benzene rings is 2. The van der Waals surface area contributed by atoms with Crippen molar-refractivity contribution in [2.24, 2.45) is 0 Å². The van der Waals surface area contributed by atoms with Crippen molar-refractivity contribution in [2.75, 3.05) is 26.1 Å². The van der Waals surface area contributed by atoms with Gasteiger partial charge in [-0.25, -0.2) is 9.18 Å². The van der Waals surface area contributed by atoms with Gasteiger partial charge in [-0.05, 0) is 82.0 Å². The molecule has 0 unspecified atom stereocenters. The first-order valence-electron chi connectivity index (χ1n) is 12.4. The third kappa shape index (κ3) is 5.35. The van der Waals surface area contributed by atoms with Gasteiger partial charge in [-0.15, -0.1) is 0 Å². The van der Waals surface area contributed by atoms with Crippen molar-refractivity contribution < 1.29 is 31.8 Å². The van der Waals surface area contributed by atoms with Crippen LogP contribution in [0.5, 0.6) is 11.5 Å². The standard InChI is InChI=1S/C27H33F4N3O3/c1-16(2)34-12-11-26(17-5-8-22(36-3)23(13-17)37-4)10-9-19(15-24(26)34)33-25(35)32-18-6-7-21(28)20(14-18)27(29,30)31/h5-8,13-14,16,19,24H,9-12,15H2,1-4H3,(H2,32,33,35)/t19-,24+,26+/m1/s1. The number of nitrogens with zero attached hydrogens (tertiary/aromatic N) is 1. The number of methoxy groups -OCH3 is 2. The van der Waals surface area contributed by atoms with Crippen LogP contribution in [0.4, 0.5) is 28.0 Å². The van der Waals surface area contributed by atoms with Gasteiger partial charge in [-0.2, -0.15) is 13.2 Å². The molecule has 0 bridgehead atoms. The average molecular weight is 524 g/mol. The summed E-state index contributed by atoms with van der Waals surface area (Å²) in [5.41, 5.74) is -0.475. The van der Waals surface area contributed by atoms with E-state index in [0.29, 0.717) is 42.5 Å². The van der Waals surface area contributed by atoms with Gasteiger partial charge in [0, 0.05) is 29.2 Å². The van der Waals surface area contributed by atoms with E-state index in [-0.39, 0.29) is 23.2 Å². The minimum Gasteiger partial charge on any atom is -0.493 e. The third-order valence-corrected chi connectivity index (χ3v) is 7.79. The SMILES string of the molecule is COc1ccc([C@@]23CC[C@@H](NC(=O)Nc4ccc(F)c(C(F)(F)F)c4)C[C@@H]2N(C(C)C)CC3)cc1OC. The number of nitrogens with one attached hydrogen (secondary N) is 2. The second kappa shape index (κ2) is 10.4. The van der Waals surface area contributed by atoms with Crippen LogP contribution in [0.3, 0.4) is 0 Å². The Balaban J connectivity index is 1.52. The summed E-state index contributed by atoms with van der Waals surface area (Å²) >= 11 is 0. The number of hydrogen-bond donors (Lipinski definition) is 2. The lowest BCUT2D eigenvalue weighted by molar-refractivity contribution is -0.139. The van der Waals surface area contributed by atoms with E-state index in [4.69, 9.17) is 9.47 Å². The highest BCUT2D eigenvalue weighted by molar-refractivity contribution is 5.89. The number of ether oxygens (including phenoxy) is 2. The average Bonchev–Trinajstić information content (AvgIpc) is 3.24. The van der Waals surface area contributed by atoms with Gasteiger partial charge in [0.15, 0.2) is 11.5 Å². The monoisotopic (exact) mass is 523 g/mol. The Bertz CT molecular complexity index is 1140. The fourth-order valence-corrected chi connectivity index (χ4v) is 5.99. The molecule has 3 atom stereocenters. The Kier molecular flexibility index (Phi) is 7.60. The summed E-state index contributed by atoms with van der Waals surface area (Å²) in [6.07, 6.45) is -1.65. The van der Waals surface area contributed by atoms with Crippen LogP contribution < -0.4 is 20.1 Å². The molecule has 2 aromatic rings. The number of alkyl halides is 3. The molecule has 2 aliphatic rings. The molecular formula is C27H33F4N3O3. The second-order valence-electron chi connectivity index (χ2n) is 10.1. The molecular weight excluding hydrogens is 490 g/mol. The van der Waals surface area contributed by atoms with Gasteiger partial charge in [-0.1, -0.05) is 6.07 Å². The van der Waals surface area contributed by atoms with Crippen LogP contribution in [0.1, 0.15) is 50.7 Å². The molecule has 202 valence electrons. The molecule has 6 nitrogen and oxygen atoms in total. The normalized spacial score (nSPS) is 24.0. The first kappa shape index (κ1) is 27.0. The zero-order valence-electron chi connectivity index (χ0n) is 21.4. The fraction of sp³-hybridized carbons (Fsp3) is 0.519. The lowest BCUT2D eigenvalue weighted by Crippen LogP contribution is -2.54. The third-order valence-electron chi connectivity index (χ3n) is 7.79. The van der Waals surface area contributed by atoms with Crippen LogP contribution >= 0.6 is 0 Å². The maximum atomic E-state index is 13.6. The van der Waals surface area contributed by atoms with Crippen LogP contribution in [-0.4, -0.2) is 49.8 Å². The Morgan fingerprint density at radius 2 is 1.81 bits per heavy atom. The molecule has 1 saturated carbocycles. The number of fused-ring (bicyclic) bond motifs is 1. The van der Waals surface area contributed by atoms with Crippen LogP contribution in [0.25, 0.3) is 0 Å². The zero-order valence-corrected chi connectivity index (χ0v) is 21.4. The smallest absolute Gasteiger partial charge is 0.419 e. The first-order valence-corrected chi connectivity index (χ1v) is 12.4. The highest BCUT2D eigenvalue weighted by Crippen LogP contribution is 2.51. The van der Waals surface area contributed by atoms with Gasteiger partial charge in [0.1, 0.15) is 5.82 Å². The molecule has 0 aromatic heterocycles. The summed E-state index contributed by atoms with van der Waals surface area (Å²) < 4.78 is 63.7. The number of carbonyl (C=O) groups excluding carboxylic acids is 1. The van der Waals surface area contributed by atoms with E-state index in [9.17, 15) is 22.4 Å². The van der Waals surface area contributed by atoms with Crippen LogP contribution in [0.2, 0.25) is 0 Å². The van der Waals surface area contributed by atoms with Crippen molar-refractivity contribution in [3.63, 3.8) is 0 Å². The highest BCUT2D eigenvalue weighted by atomic mass is 19.4. The lowest BCUT2D eigenvalue weighted by Gasteiger charge is -2.46. The molecule has 1 aliphatic carbocycles. The number of carbonyl (C=O) groups is 1. The van der Waals surface area contributed by atoms with Gasteiger partial charge in [-0.3, -0.25) is 4.90 Å². The van der Waals surface area contributed by atoms with Crippen LogP contribution in [0, 0.1) is 5.82 Å². The van der Waals surface area contributed by atoms with Crippen LogP contribution in [0.15, 0.2) is 36.4 Å². The predicted molar refractivity (Wildman–Crippen MR) is 133 cm³/mol. The summed E-state index contributed by atoms with van der Waals surface area (Å²) in [6.45, 7) is 5.23. The maximum Gasteiger partial charge on any atom is 0.419 e. The van der Waals surface area contributed by atoms with E-state index in [1.165, 1.54) is 5.56 Å². The number of rotatable bonds is 6. The fourth-order valence-electron chi connectivity index (χ4n) is 5.99. The first-order chi connectivity index (χ1) is 17.5. The number of hydrogen-bond acceptors (Lipinski definition) is 4. The van der Waals surface area contributed by atoms with Gasteiger partial charge < -0.3 is 20.1 Å². The number of halogens is 4. The summed E-state index contributed by atoms with van der Waals surface area (Å²) in [7, 11) is 3.22. The molecule has 2 N–H and O–H groups in total. The molecule has 2 fully saturated rings. The van der Waals surface area contributed by atoms with Crippen molar-refractivity contribution in [3.05, 3.63) is 53.3 Å². The Labute approximate surface area is 214 Å². The molecule has 1 aliphatic heterocycles. The molecule has 1 heterocycles. The predicted octanol–water partition coefficient (Wildman–Crippen LogP) is 5.96. The Morgan fingerprint density at radius 1 is 1.08 bits per heavy atom. The zero-order chi connectivity index (χ0) is 27.0. The van der Waals surface area contributed by atoms with Gasteiger partial charge in [0.05, 0.1) is 19.8 Å². The van der Waals surface area contributed by atoms with Crippen molar-refractivity contribution in [1.82, 2.24) is 10.2 Å². The minimum absolute atomic E-state index is 0.114. The summed E-state index contributed by atoms with van der Waals surface area (Å²) in [6, 6.07) is 8.17. The van der Waals surface area contributed by atoms with E-state index in [0.717, 1.165) is 25.5 Å². The molecule has 2 amide bonds.